The van der Waals surface area contributed by atoms with Crippen molar-refractivity contribution in [1.82, 2.24) is 5.64 Å². The number of rotatable bonds is 10. The van der Waals surface area contributed by atoms with Crippen molar-refractivity contribution in [2.75, 3.05) is 0 Å². The van der Waals surface area contributed by atoms with Crippen molar-refractivity contribution < 1.29 is 61.0 Å². The van der Waals surface area contributed by atoms with Gasteiger partial charge in [-0.25, -0.2) is 0 Å². The van der Waals surface area contributed by atoms with E-state index in [4.69, 9.17) is 0 Å². The molecular formula is C13H8F3N3O13S3. The number of nitrogens with zero attached hydrogens (tertiary/aromatic N) is 2. The maximum atomic E-state index is 12.5. The first-order valence-electron chi connectivity index (χ1n) is 8.03. The quantitative estimate of drug-likeness (QED) is 0.184. The molecule has 16 nitrogen and oxygen atoms in total. The van der Waals surface area contributed by atoms with Gasteiger partial charge in [-0.05, 0) is 29.9 Å². The molecule has 2 rings (SSSR count). The average molecular weight is 567 g/mol. The smallest absolute Gasteiger partial charge is 0.369 e. The van der Waals surface area contributed by atoms with Crippen LogP contribution in [0.25, 0.3) is 0 Å². The number of non-ortho nitro benzene ring substituents is 1. The lowest BCUT2D eigenvalue weighted by Crippen LogP contribution is -2.28. The fourth-order valence-electron chi connectivity index (χ4n) is 2.05. The Bertz CT molecular complexity index is 1470. The van der Waals surface area contributed by atoms with Gasteiger partial charge in [0.2, 0.25) is 5.75 Å². The van der Waals surface area contributed by atoms with Gasteiger partial charge in [0.15, 0.2) is 4.90 Å². The number of hydrogen-bond donors (Lipinski definition) is 1. The van der Waals surface area contributed by atoms with E-state index in [1.54, 1.807) is 0 Å². The number of hydrogen-bond acceptors (Lipinski definition) is 14. The van der Waals surface area contributed by atoms with E-state index in [1.165, 1.54) is 0 Å². The molecule has 2 aromatic rings. The van der Waals surface area contributed by atoms with Gasteiger partial charge < -0.3 is 4.18 Å². The van der Waals surface area contributed by atoms with Crippen LogP contribution in [0.1, 0.15) is 0 Å². The maximum absolute atomic E-state index is 12.5. The molecule has 0 aliphatic carbocycles. The maximum Gasteiger partial charge on any atom is 0.534 e. The minimum atomic E-state index is -6.45. The summed E-state index contributed by atoms with van der Waals surface area (Å²) in [7, 11) is -16.8. The third-order valence-corrected chi connectivity index (χ3v) is 6.78. The predicted molar refractivity (Wildman–Crippen MR) is 101 cm³/mol. The van der Waals surface area contributed by atoms with Gasteiger partial charge >= 0.3 is 41.6 Å². The van der Waals surface area contributed by atoms with Gasteiger partial charge in [0, 0.05) is 12.1 Å². The highest BCUT2D eigenvalue weighted by Crippen LogP contribution is 2.37. The second kappa shape index (κ2) is 9.67. The summed E-state index contributed by atoms with van der Waals surface area (Å²) in [5.41, 5.74) is -7.34. The molecule has 1 N–H and O–H groups in total. The fraction of sp³-hybridized carbons (Fsp3) is 0.0769. The van der Waals surface area contributed by atoms with E-state index < -0.39 is 72.6 Å². The Balaban J connectivity index is 2.31. The monoisotopic (exact) mass is 567 g/mol. The van der Waals surface area contributed by atoms with Crippen LogP contribution in [0.3, 0.4) is 0 Å². The van der Waals surface area contributed by atoms with Crippen LogP contribution < -0.4 is 9.83 Å². The summed E-state index contributed by atoms with van der Waals surface area (Å²) >= 11 is 0. The van der Waals surface area contributed by atoms with Crippen LogP contribution in [0.4, 0.5) is 24.5 Å². The summed E-state index contributed by atoms with van der Waals surface area (Å²) in [4.78, 5) is 17.1. The minimum absolute atomic E-state index is 0.337. The van der Waals surface area contributed by atoms with Crippen molar-refractivity contribution >= 4 is 41.7 Å². The molecule has 0 saturated heterocycles. The summed E-state index contributed by atoms with van der Waals surface area (Å²) < 4.78 is 120. The normalized spacial score (nSPS) is 12.8. The van der Waals surface area contributed by atoms with Crippen molar-refractivity contribution in [3.63, 3.8) is 0 Å². The highest BCUT2D eigenvalue weighted by Gasteiger charge is 2.50. The number of nitro benzene ring substituents is 2. The van der Waals surface area contributed by atoms with E-state index in [0.717, 1.165) is 17.8 Å². The largest absolute Gasteiger partial charge is 0.534 e. The van der Waals surface area contributed by atoms with Crippen LogP contribution in [-0.4, -0.2) is 40.6 Å². The van der Waals surface area contributed by atoms with Crippen molar-refractivity contribution in [3.8, 4) is 5.75 Å². The zero-order chi connectivity index (χ0) is 26.8. The molecule has 192 valence electrons. The number of para-hydroxylation sites is 1. The van der Waals surface area contributed by atoms with E-state index in [-0.39, 0.29) is 0 Å². The molecule has 0 unspecified atom stereocenters. The first-order chi connectivity index (χ1) is 15.9. The van der Waals surface area contributed by atoms with Gasteiger partial charge in [-0.15, -0.1) is 8.57 Å². The lowest BCUT2D eigenvalue weighted by atomic mass is 10.3. The number of benzene rings is 2. The van der Waals surface area contributed by atoms with Gasteiger partial charge in [-0.3, -0.25) is 20.2 Å². The summed E-state index contributed by atoms with van der Waals surface area (Å²) in [6.45, 7) is 0. The molecule has 0 bridgehead atoms. The highest BCUT2D eigenvalue weighted by atomic mass is 32.2. The Morgan fingerprint density at radius 1 is 0.800 bits per heavy atom. The van der Waals surface area contributed by atoms with Gasteiger partial charge in [0.05, 0.1) is 14.7 Å². The average Bonchev–Trinajstić information content (AvgIpc) is 2.72. The van der Waals surface area contributed by atoms with Gasteiger partial charge in [0.25, 0.3) is 5.69 Å². The first-order valence-corrected chi connectivity index (χ1v) is 12.3. The summed E-state index contributed by atoms with van der Waals surface area (Å²) in [5, 5.41) is 21.8. The second-order valence-electron chi connectivity index (χ2n) is 5.75. The molecule has 0 aliphatic rings. The number of alkyl halides is 3. The van der Waals surface area contributed by atoms with Crippen molar-refractivity contribution in [1.29, 1.82) is 0 Å². The lowest BCUT2D eigenvalue weighted by Gasteiger charge is -2.11. The van der Waals surface area contributed by atoms with Gasteiger partial charge in [-0.2, -0.15) is 38.4 Å². The van der Waals surface area contributed by atoms with Crippen LogP contribution in [0.15, 0.2) is 52.3 Å². The second-order valence-corrected chi connectivity index (χ2v) is 10.4. The standard InChI is InChI=1S/C13H8F3N3O13S3/c14-13(15,16)35(28,29)30-10-2-1-3-11(12(10)19(22)23)34(26,27)32-17-31-33(24,25)9-6-4-8(5-7-9)18(20)21/h1-7,17H. The molecule has 0 amide bonds. The summed E-state index contributed by atoms with van der Waals surface area (Å²) in [6, 6.07) is 4.22. The predicted octanol–water partition coefficient (Wildman–Crippen LogP) is 1.26. The molecule has 0 radical (unpaired) electrons. The van der Waals surface area contributed by atoms with Crippen LogP contribution in [-0.2, 0) is 38.9 Å². The Labute approximate surface area is 192 Å². The van der Waals surface area contributed by atoms with Crippen LogP contribution in [0, 0.1) is 20.2 Å². The molecule has 0 aliphatic heterocycles. The lowest BCUT2D eigenvalue weighted by molar-refractivity contribution is -0.388. The molecule has 0 saturated carbocycles. The zero-order valence-electron chi connectivity index (χ0n) is 16.1. The molecule has 0 fully saturated rings. The number of nitro groups is 2. The molecule has 22 heteroatoms. The Morgan fingerprint density at radius 2 is 1.34 bits per heavy atom. The van der Waals surface area contributed by atoms with Crippen LogP contribution in [0.2, 0.25) is 0 Å². The fourth-order valence-corrected chi connectivity index (χ4v) is 4.12. The number of nitrogens with one attached hydrogen (secondary N) is 1. The van der Waals surface area contributed by atoms with Crippen LogP contribution in [0.5, 0.6) is 5.75 Å². The third kappa shape index (κ3) is 6.37. The van der Waals surface area contributed by atoms with Crippen LogP contribution >= 0.6 is 0 Å². The molecule has 0 aromatic heterocycles. The topological polar surface area (TPSA) is 228 Å². The third-order valence-electron chi connectivity index (χ3n) is 3.52. The highest BCUT2D eigenvalue weighted by molar-refractivity contribution is 7.88. The Hall–Kier alpha value is -3.44. The Kier molecular flexibility index (Phi) is 7.68. The summed E-state index contributed by atoms with van der Waals surface area (Å²) in [5.74, 6) is -1.66. The molecule has 0 heterocycles. The van der Waals surface area contributed by atoms with Crippen molar-refractivity contribution in [3.05, 3.63) is 62.7 Å². The minimum Gasteiger partial charge on any atom is -0.369 e. The summed E-state index contributed by atoms with van der Waals surface area (Å²) in [6.07, 6.45) is 0. The van der Waals surface area contributed by atoms with E-state index >= 15 is 0 Å². The molecular weight excluding hydrogens is 559 g/mol. The van der Waals surface area contributed by atoms with Crippen molar-refractivity contribution in [2.45, 2.75) is 15.3 Å². The van der Waals surface area contributed by atoms with Gasteiger partial charge in [-0.1, -0.05) is 6.07 Å². The Morgan fingerprint density at radius 3 is 1.83 bits per heavy atom. The van der Waals surface area contributed by atoms with E-state index in [0.29, 0.717) is 30.3 Å². The molecule has 35 heavy (non-hydrogen) atoms. The van der Waals surface area contributed by atoms with E-state index in [2.05, 4.69) is 12.8 Å². The van der Waals surface area contributed by atoms with Gasteiger partial charge in [0.1, 0.15) is 0 Å². The number of halogens is 3. The molecule has 0 atom stereocenters. The first kappa shape index (κ1) is 27.8. The van der Waals surface area contributed by atoms with E-state index in [1.807, 2.05) is 0 Å². The molecule has 2 aromatic carbocycles. The van der Waals surface area contributed by atoms with Crippen molar-refractivity contribution in [2.24, 2.45) is 0 Å². The SMILES string of the molecule is O=[N+]([O-])c1ccc(S(=O)(=O)ONOS(=O)(=O)c2cccc(OS(=O)(=O)C(F)(F)F)c2[N+](=O)[O-])cc1. The molecule has 0 spiro atoms. The van der Waals surface area contributed by atoms with E-state index in [9.17, 15) is 58.7 Å². The zero-order valence-corrected chi connectivity index (χ0v) is 18.6.